The number of benzene rings is 3. The highest BCUT2D eigenvalue weighted by atomic mass is 32.2. The lowest BCUT2D eigenvalue weighted by Crippen LogP contribution is -2.53. The summed E-state index contributed by atoms with van der Waals surface area (Å²) in [7, 11) is -4.10. The molecule has 50 heavy (non-hydrogen) atoms. The Labute approximate surface area is 292 Å². The summed E-state index contributed by atoms with van der Waals surface area (Å²) in [5.74, 6) is -1.43. The van der Waals surface area contributed by atoms with E-state index in [2.05, 4.69) is 10.5 Å². The quantitative estimate of drug-likeness (QED) is 0.0940. The Morgan fingerprint density at radius 1 is 0.940 bits per heavy atom. The maximum absolute atomic E-state index is 14.1. The molecule has 268 valence electrons. The number of nitrogen functional groups attached to an aromatic ring is 1. The first-order valence-corrected chi connectivity index (χ1v) is 17.9. The Hall–Kier alpha value is -4.79. The summed E-state index contributed by atoms with van der Waals surface area (Å²) in [4.78, 5) is 38.4. The average molecular weight is 707 g/mol. The van der Waals surface area contributed by atoms with Crippen molar-refractivity contribution in [2.75, 3.05) is 18.8 Å². The van der Waals surface area contributed by atoms with Crippen LogP contribution in [0.25, 0.3) is 0 Å². The molecule has 0 aliphatic heterocycles. The van der Waals surface area contributed by atoms with E-state index in [1.54, 1.807) is 38.1 Å². The van der Waals surface area contributed by atoms with E-state index >= 15 is 0 Å². The molecule has 4 rings (SSSR count). The lowest BCUT2D eigenvalue weighted by atomic mass is 9.98. The number of anilines is 1. The predicted octanol–water partition coefficient (Wildman–Crippen LogP) is 3.88. The SMILES string of the molecule is CC(C)CN(C[C@@H](O)[C@H](Cc1ccccc1)NC(=O)[C@H](C(C)C)n1cc(O)n(Cc2cccc(N)c2)c1=O)S(=O)(=O)c1ccc(CN=O)cc1. The van der Waals surface area contributed by atoms with E-state index in [0.29, 0.717) is 16.8 Å². The lowest BCUT2D eigenvalue weighted by molar-refractivity contribution is -0.127. The highest BCUT2D eigenvalue weighted by Crippen LogP contribution is 2.23. The number of sulfonamides is 1. The molecule has 0 radical (unpaired) electrons. The molecule has 0 fully saturated rings. The highest BCUT2D eigenvalue weighted by Gasteiger charge is 2.34. The summed E-state index contributed by atoms with van der Waals surface area (Å²) in [5.41, 5.74) is 7.82. The van der Waals surface area contributed by atoms with Crippen molar-refractivity contribution in [3.8, 4) is 5.88 Å². The maximum Gasteiger partial charge on any atom is 0.332 e. The Morgan fingerprint density at radius 2 is 1.60 bits per heavy atom. The van der Waals surface area contributed by atoms with Gasteiger partial charge in [0.25, 0.3) is 0 Å². The highest BCUT2D eigenvalue weighted by molar-refractivity contribution is 7.89. The molecule has 0 aliphatic rings. The molecule has 1 heterocycles. The summed E-state index contributed by atoms with van der Waals surface area (Å²) in [5, 5.41) is 28.2. The average Bonchev–Trinajstić information content (AvgIpc) is 3.32. The number of aromatic hydroxyl groups is 1. The molecular weight excluding hydrogens is 660 g/mol. The first-order chi connectivity index (χ1) is 23.7. The summed E-state index contributed by atoms with van der Waals surface area (Å²) in [6.45, 7) is 6.93. The number of rotatable bonds is 17. The first-order valence-electron chi connectivity index (χ1n) is 16.5. The fourth-order valence-corrected chi connectivity index (χ4v) is 7.50. The van der Waals surface area contributed by atoms with Gasteiger partial charge in [0.15, 0.2) is 0 Å². The van der Waals surface area contributed by atoms with Crippen molar-refractivity contribution in [3.05, 3.63) is 117 Å². The van der Waals surface area contributed by atoms with Crippen LogP contribution in [0.3, 0.4) is 0 Å². The lowest BCUT2D eigenvalue weighted by Gasteiger charge is -2.32. The van der Waals surface area contributed by atoms with Crippen molar-refractivity contribution in [1.82, 2.24) is 18.8 Å². The van der Waals surface area contributed by atoms with Crippen molar-refractivity contribution in [3.63, 3.8) is 0 Å². The Bertz CT molecular complexity index is 1910. The number of carbonyl (C=O) groups is 1. The summed E-state index contributed by atoms with van der Waals surface area (Å²) >= 11 is 0. The molecule has 0 spiro atoms. The van der Waals surface area contributed by atoms with Gasteiger partial charge in [-0.1, -0.05) is 87.5 Å². The maximum atomic E-state index is 14.1. The van der Waals surface area contributed by atoms with E-state index in [1.807, 2.05) is 44.2 Å². The van der Waals surface area contributed by atoms with Crippen LogP contribution in [0.15, 0.2) is 99.9 Å². The van der Waals surface area contributed by atoms with Crippen LogP contribution in [0, 0.1) is 16.7 Å². The number of amides is 1. The number of aliphatic hydroxyl groups excluding tert-OH is 1. The van der Waals surface area contributed by atoms with Crippen molar-refractivity contribution in [1.29, 1.82) is 0 Å². The molecule has 13 nitrogen and oxygen atoms in total. The second kappa shape index (κ2) is 16.7. The number of aliphatic hydroxyl groups is 1. The van der Waals surface area contributed by atoms with Crippen molar-refractivity contribution in [2.45, 2.75) is 70.3 Å². The minimum absolute atomic E-state index is 0.00889. The van der Waals surface area contributed by atoms with Gasteiger partial charge in [0.2, 0.25) is 21.8 Å². The smallest absolute Gasteiger partial charge is 0.332 e. The minimum Gasteiger partial charge on any atom is -0.493 e. The number of hydrogen-bond donors (Lipinski definition) is 4. The number of imidazole rings is 1. The number of nitrogens with one attached hydrogen (secondary N) is 1. The van der Waals surface area contributed by atoms with Crippen LogP contribution in [0.1, 0.15) is 50.4 Å². The summed E-state index contributed by atoms with van der Waals surface area (Å²) < 4.78 is 31.2. The molecule has 1 aromatic heterocycles. The zero-order valence-electron chi connectivity index (χ0n) is 28.7. The van der Waals surface area contributed by atoms with Gasteiger partial charge >= 0.3 is 5.69 Å². The van der Waals surface area contributed by atoms with E-state index < -0.39 is 45.7 Å². The molecule has 0 saturated heterocycles. The zero-order chi connectivity index (χ0) is 36.6. The third kappa shape index (κ3) is 9.46. The molecule has 0 saturated carbocycles. The van der Waals surface area contributed by atoms with E-state index in [1.165, 1.54) is 39.3 Å². The zero-order valence-corrected chi connectivity index (χ0v) is 29.5. The minimum atomic E-state index is -4.10. The molecule has 4 aromatic rings. The monoisotopic (exact) mass is 706 g/mol. The second-order valence-corrected chi connectivity index (χ2v) is 15.2. The van der Waals surface area contributed by atoms with Gasteiger partial charge in [-0.05, 0) is 59.2 Å². The van der Waals surface area contributed by atoms with Gasteiger partial charge in [0.1, 0.15) is 12.6 Å². The number of hydrogen-bond acceptors (Lipinski definition) is 9. The van der Waals surface area contributed by atoms with E-state index in [0.717, 1.165) is 10.1 Å². The van der Waals surface area contributed by atoms with Crippen LogP contribution >= 0.6 is 0 Å². The molecule has 0 bridgehead atoms. The van der Waals surface area contributed by atoms with Gasteiger partial charge in [-0.3, -0.25) is 13.9 Å². The summed E-state index contributed by atoms with van der Waals surface area (Å²) in [6, 6.07) is 19.9. The molecule has 14 heteroatoms. The predicted molar refractivity (Wildman–Crippen MR) is 192 cm³/mol. The number of carbonyl (C=O) groups excluding carboxylic acids is 1. The fourth-order valence-electron chi connectivity index (χ4n) is 5.88. The third-order valence-corrected chi connectivity index (χ3v) is 10.2. The second-order valence-electron chi connectivity index (χ2n) is 13.2. The summed E-state index contributed by atoms with van der Waals surface area (Å²) in [6.07, 6.45) is 0.0183. The Morgan fingerprint density at radius 3 is 2.20 bits per heavy atom. The van der Waals surface area contributed by atoms with Crippen LogP contribution in [-0.4, -0.2) is 63.2 Å². The van der Waals surface area contributed by atoms with Gasteiger partial charge in [0.05, 0.1) is 29.8 Å². The van der Waals surface area contributed by atoms with Gasteiger partial charge in [0, 0.05) is 18.8 Å². The van der Waals surface area contributed by atoms with Gasteiger partial charge in [-0.25, -0.2) is 13.2 Å². The molecule has 0 aliphatic carbocycles. The fraction of sp³-hybridized carbons (Fsp3) is 0.389. The number of nitroso groups, excluding NO2 is 1. The normalized spacial score (nSPS) is 13.8. The van der Waals surface area contributed by atoms with Gasteiger partial charge < -0.3 is 21.3 Å². The van der Waals surface area contributed by atoms with Crippen LogP contribution < -0.4 is 16.7 Å². The van der Waals surface area contributed by atoms with Crippen LogP contribution in [0.4, 0.5) is 5.69 Å². The van der Waals surface area contributed by atoms with E-state index in [-0.39, 0.29) is 49.3 Å². The van der Waals surface area contributed by atoms with E-state index in [9.17, 15) is 33.1 Å². The van der Waals surface area contributed by atoms with E-state index in [4.69, 9.17) is 5.73 Å². The van der Waals surface area contributed by atoms with Crippen molar-refractivity contribution >= 4 is 21.6 Å². The van der Waals surface area contributed by atoms with Crippen LogP contribution in [0.5, 0.6) is 5.88 Å². The molecule has 3 atom stereocenters. The number of nitrogens with zero attached hydrogens (tertiary/aromatic N) is 4. The largest absolute Gasteiger partial charge is 0.493 e. The van der Waals surface area contributed by atoms with Gasteiger partial charge in [-0.2, -0.15) is 9.21 Å². The Kier molecular flexibility index (Phi) is 12.7. The number of aromatic nitrogens is 2. The molecular formula is C36H46N6O7S. The molecule has 5 N–H and O–H groups in total. The molecule has 1 amide bonds. The third-order valence-electron chi connectivity index (χ3n) is 8.33. The molecule has 3 aromatic carbocycles. The Balaban J connectivity index is 1.64. The van der Waals surface area contributed by atoms with Crippen LogP contribution in [0.2, 0.25) is 0 Å². The molecule has 0 unspecified atom stereocenters. The van der Waals surface area contributed by atoms with Gasteiger partial charge in [-0.15, -0.1) is 0 Å². The topological polar surface area (TPSA) is 189 Å². The standard InChI is InChI=1S/C36H46N6O7S/c1-24(2)20-40(50(48,49)30-15-13-27(14-16-30)19-38-47)22-32(43)31(18-26-9-6-5-7-10-26)39-35(45)34(25(3)4)42-23-33(44)41(36(42)46)21-28-11-8-12-29(37)17-28/h5-17,23-25,31-32,34,43-44H,18-22,37H2,1-4H3,(H,39,45)/t31-,32+,34-/m0/s1. The van der Waals surface area contributed by atoms with Crippen molar-refractivity contribution < 1.29 is 23.4 Å². The van der Waals surface area contributed by atoms with Crippen LogP contribution in [-0.2, 0) is 34.3 Å². The van der Waals surface area contributed by atoms with Crippen molar-refractivity contribution in [2.24, 2.45) is 17.0 Å². The first kappa shape index (κ1) is 38.0. The number of nitrogens with two attached hydrogens (primary N) is 1.